The zero-order chi connectivity index (χ0) is 15.1. The number of rotatable bonds is 7. The maximum absolute atomic E-state index is 5.90. The zero-order valence-electron chi connectivity index (χ0n) is 12.4. The van der Waals surface area contributed by atoms with E-state index in [1.54, 1.807) is 11.8 Å². The van der Waals surface area contributed by atoms with E-state index in [1.165, 1.54) is 4.90 Å². The number of anilines is 1. The number of nitrogens with one attached hydrogen (secondary N) is 1. The monoisotopic (exact) mass is 321 g/mol. The first-order chi connectivity index (χ1) is 10.2. The van der Waals surface area contributed by atoms with Gasteiger partial charge in [-0.05, 0) is 37.1 Å². The predicted molar refractivity (Wildman–Crippen MR) is 91.2 cm³/mol. The molecule has 1 heterocycles. The first kappa shape index (κ1) is 16.1. The summed E-state index contributed by atoms with van der Waals surface area (Å²) in [4.78, 5) is 10.4. The van der Waals surface area contributed by atoms with Crippen LogP contribution in [0.4, 0.5) is 5.82 Å². The quantitative estimate of drug-likeness (QED) is 0.743. The summed E-state index contributed by atoms with van der Waals surface area (Å²) in [6, 6.07) is 9.88. The highest BCUT2D eigenvalue weighted by Gasteiger charge is 2.05. The molecular weight excluding hydrogens is 302 g/mol. The zero-order valence-corrected chi connectivity index (χ0v) is 14.0. The van der Waals surface area contributed by atoms with Crippen molar-refractivity contribution in [2.24, 2.45) is 0 Å². The smallest absolute Gasteiger partial charge is 0.141 e. The van der Waals surface area contributed by atoms with E-state index in [1.807, 2.05) is 30.3 Å². The van der Waals surface area contributed by atoms with Crippen molar-refractivity contribution in [1.29, 1.82) is 0 Å². The number of halogens is 1. The number of aryl methyl sites for hydroxylation is 1. The summed E-state index contributed by atoms with van der Waals surface area (Å²) in [6.07, 6.45) is 2.00. The van der Waals surface area contributed by atoms with Gasteiger partial charge in [0.25, 0.3) is 0 Å². The van der Waals surface area contributed by atoms with E-state index in [-0.39, 0.29) is 0 Å². The van der Waals surface area contributed by atoms with Crippen LogP contribution < -0.4 is 5.32 Å². The van der Waals surface area contributed by atoms with Crippen LogP contribution in [0.1, 0.15) is 31.8 Å². The van der Waals surface area contributed by atoms with E-state index in [9.17, 15) is 0 Å². The van der Waals surface area contributed by atoms with Crippen molar-refractivity contribution in [2.45, 2.75) is 37.3 Å². The molecule has 0 aliphatic carbocycles. The van der Waals surface area contributed by atoms with Gasteiger partial charge in [-0.3, -0.25) is 0 Å². The van der Waals surface area contributed by atoms with Crippen molar-refractivity contribution < 1.29 is 0 Å². The molecule has 0 spiro atoms. The number of hydrogen-bond donors (Lipinski definition) is 1. The Labute approximate surface area is 135 Å². The van der Waals surface area contributed by atoms with Gasteiger partial charge in [0.15, 0.2) is 0 Å². The fraction of sp³-hybridized carbons (Fsp3) is 0.375. The Bertz CT molecular complexity index is 572. The molecule has 1 aromatic carbocycles. The van der Waals surface area contributed by atoms with Gasteiger partial charge in [-0.1, -0.05) is 25.4 Å². The highest BCUT2D eigenvalue weighted by Crippen LogP contribution is 2.23. The molecule has 5 heteroatoms. The number of aromatic nitrogens is 2. The Hall–Kier alpha value is -1.26. The van der Waals surface area contributed by atoms with Crippen LogP contribution in [-0.2, 0) is 12.2 Å². The Morgan fingerprint density at radius 1 is 1.14 bits per heavy atom. The summed E-state index contributed by atoms with van der Waals surface area (Å²) >= 11 is 7.62. The summed E-state index contributed by atoms with van der Waals surface area (Å²) in [5.74, 6) is 2.55. The molecule has 1 N–H and O–H groups in total. The maximum atomic E-state index is 5.90. The summed E-state index contributed by atoms with van der Waals surface area (Å²) in [5, 5.41) is 4.10. The summed E-state index contributed by atoms with van der Waals surface area (Å²) < 4.78 is 0. The Morgan fingerprint density at radius 3 is 2.57 bits per heavy atom. The third-order valence-electron chi connectivity index (χ3n) is 2.93. The van der Waals surface area contributed by atoms with Gasteiger partial charge < -0.3 is 5.32 Å². The minimum Gasteiger partial charge on any atom is -0.370 e. The number of hydrogen-bond acceptors (Lipinski definition) is 4. The van der Waals surface area contributed by atoms with Crippen LogP contribution >= 0.6 is 23.4 Å². The van der Waals surface area contributed by atoms with Crippen LogP contribution in [0, 0.1) is 0 Å². The first-order valence-electron chi connectivity index (χ1n) is 7.20. The van der Waals surface area contributed by atoms with Gasteiger partial charge in [0.1, 0.15) is 11.6 Å². The number of benzene rings is 1. The topological polar surface area (TPSA) is 37.8 Å². The van der Waals surface area contributed by atoms with Crippen molar-refractivity contribution in [3.05, 3.63) is 46.9 Å². The molecule has 0 fully saturated rings. The molecule has 2 aromatic rings. The van der Waals surface area contributed by atoms with E-state index in [4.69, 9.17) is 11.6 Å². The molecule has 21 heavy (non-hydrogen) atoms. The highest BCUT2D eigenvalue weighted by molar-refractivity contribution is 7.98. The fourth-order valence-electron chi connectivity index (χ4n) is 1.82. The molecule has 0 aliphatic heterocycles. The molecule has 0 unspecified atom stereocenters. The van der Waals surface area contributed by atoms with Gasteiger partial charge in [0, 0.05) is 28.2 Å². The van der Waals surface area contributed by atoms with Gasteiger partial charge in [0.05, 0.1) is 5.75 Å². The van der Waals surface area contributed by atoms with E-state index >= 15 is 0 Å². The standard InChI is InChI=1S/C16H20ClN3S/c1-3-9-18-15-10-13(4-2)19-16(20-15)11-21-14-7-5-12(17)6-8-14/h5-8,10H,3-4,9,11H2,1-2H3,(H,18,19,20). The molecule has 0 bridgehead atoms. The van der Waals surface area contributed by atoms with Crippen LogP contribution in [0.5, 0.6) is 0 Å². The second kappa shape index (κ2) is 8.25. The Kier molecular flexibility index (Phi) is 6.33. The van der Waals surface area contributed by atoms with Crippen LogP contribution in [-0.4, -0.2) is 16.5 Å². The predicted octanol–water partition coefficient (Wildman–Crippen LogP) is 4.81. The van der Waals surface area contributed by atoms with Crippen molar-refractivity contribution >= 4 is 29.2 Å². The molecule has 0 radical (unpaired) electrons. The van der Waals surface area contributed by atoms with Gasteiger partial charge in [-0.25, -0.2) is 9.97 Å². The van der Waals surface area contributed by atoms with Gasteiger partial charge in [0.2, 0.25) is 0 Å². The third-order valence-corrected chi connectivity index (χ3v) is 4.19. The molecule has 1 aromatic heterocycles. The Morgan fingerprint density at radius 2 is 1.90 bits per heavy atom. The van der Waals surface area contributed by atoms with Crippen molar-refractivity contribution in [3.8, 4) is 0 Å². The minimum atomic E-state index is 0.759. The molecular formula is C16H20ClN3S. The average molecular weight is 322 g/mol. The molecule has 3 nitrogen and oxygen atoms in total. The summed E-state index contributed by atoms with van der Waals surface area (Å²) in [5.41, 5.74) is 1.08. The summed E-state index contributed by atoms with van der Waals surface area (Å²) in [6.45, 7) is 5.19. The Balaban J connectivity index is 2.05. The van der Waals surface area contributed by atoms with Crippen LogP contribution in [0.15, 0.2) is 35.2 Å². The second-order valence-electron chi connectivity index (χ2n) is 4.68. The van der Waals surface area contributed by atoms with E-state index in [0.29, 0.717) is 0 Å². The van der Waals surface area contributed by atoms with Crippen LogP contribution in [0.2, 0.25) is 5.02 Å². The van der Waals surface area contributed by atoms with Gasteiger partial charge in [-0.2, -0.15) is 0 Å². The summed E-state index contributed by atoms with van der Waals surface area (Å²) in [7, 11) is 0. The lowest BCUT2D eigenvalue weighted by Crippen LogP contribution is -2.06. The second-order valence-corrected chi connectivity index (χ2v) is 6.17. The normalized spacial score (nSPS) is 10.6. The average Bonchev–Trinajstić information content (AvgIpc) is 2.52. The van der Waals surface area contributed by atoms with Gasteiger partial charge in [-0.15, -0.1) is 11.8 Å². The third kappa shape index (κ3) is 5.21. The minimum absolute atomic E-state index is 0.759. The van der Waals surface area contributed by atoms with E-state index in [2.05, 4.69) is 29.1 Å². The molecule has 0 saturated heterocycles. The molecule has 2 rings (SSSR count). The van der Waals surface area contributed by atoms with Crippen LogP contribution in [0.25, 0.3) is 0 Å². The van der Waals surface area contributed by atoms with Crippen molar-refractivity contribution in [3.63, 3.8) is 0 Å². The fourth-order valence-corrected chi connectivity index (χ4v) is 2.70. The van der Waals surface area contributed by atoms with Gasteiger partial charge >= 0.3 is 0 Å². The lowest BCUT2D eigenvalue weighted by atomic mass is 10.3. The molecule has 0 atom stereocenters. The lowest BCUT2D eigenvalue weighted by molar-refractivity contribution is 0.916. The largest absolute Gasteiger partial charge is 0.370 e. The van der Waals surface area contributed by atoms with E-state index in [0.717, 1.165) is 47.5 Å². The number of nitrogens with zero attached hydrogens (tertiary/aromatic N) is 2. The molecule has 0 aliphatic rings. The molecule has 0 saturated carbocycles. The molecule has 112 valence electrons. The van der Waals surface area contributed by atoms with E-state index < -0.39 is 0 Å². The lowest BCUT2D eigenvalue weighted by Gasteiger charge is -2.08. The van der Waals surface area contributed by atoms with Crippen molar-refractivity contribution in [1.82, 2.24) is 9.97 Å². The SMILES string of the molecule is CCCNc1cc(CC)nc(CSc2ccc(Cl)cc2)n1. The molecule has 0 amide bonds. The van der Waals surface area contributed by atoms with Crippen molar-refractivity contribution in [2.75, 3.05) is 11.9 Å². The highest BCUT2D eigenvalue weighted by atomic mass is 35.5. The number of thioether (sulfide) groups is 1. The van der Waals surface area contributed by atoms with Crippen LogP contribution in [0.3, 0.4) is 0 Å². The first-order valence-corrected chi connectivity index (χ1v) is 8.56. The maximum Gasteiger partial charge on any atom is 0.141 e.